The Morgan fingerprint density at radius 1 is 1.03 bits per heavy atom. The van der Waals surface area contributed by atoms with Crippen molar-refractivity contribution >= 4 is 17.5 Å². The number of halogens is 2. The van der Waals surface area contributed by atoms with Gasteiger partial charge in [0.2, 0.25) is 5.91 Å². The van der Waals surface area contributed by atoms with E-state index >= 15 is 0 Å². The zero-order valence-electron chi connectivity index (χ0n) is 22.4. The van der Waals surface area contributed by atoms with Gasteiger partial charge in [0.05, 0.1) is 0 Å². The van der Waals surface area contributed by atoms with Crippen LogP contribution in [0.25, 0.3) is 0 Å². The average molecular weight is 544 g/mol. The molecule has 4 rings (SSSR count). The first kappa shape index (κ1) is 28.8. The van der Waals surface area contributed by atoms with Crippen LogP contribution in [0.15, 0.2) is 30.3 Å². The van der Waals surface area contributed by atoms with Gasteiger partial charge in [-0.1, -0.05) is 37.8 Å². The van der Waals surface area contributed by atoms with E-state index in [1.165, 1.54) is 12.5 Å². The summed E-state index contributed by atoms with van der Waals surface area (Å²) < 4.78 is 32.1. The predicted molar refractivity (Wildman–Crippen MR) is 146 cm³/mol. The molecule has 212 valence electrons. The number of amides is 2. The molecule has 0 bridgehead atoms. The largest absolute Gasteiger partial charge is 0.506 e. The molecular weight excluding hydrogens is 504 g/mol. The number of phenols is 1. The highest BCUT2D eigenvalue weighted by atomic mass is 19.2. The molecule has 0 radical (unpaired) electrons. The molecule has 2 aromatic carbocycles. The van der Waals surface area contributed by atoms with Gasteiger partial charge in [-0.3, -0.25) is 9.59 Å². The van der Waals surface area contributed by atoms with Crippen LogP contribution in [0.2, 0.25) is 0 Å². The van der Waals surface area contributed by atoms with Crippen LogP contribution in [0, 0.1) is 11.6 Å². The monoisotopic (exact) mass is 543 g/mol. The molecule has 1 saturated carbocycles. The van der Waals surface area contributed by atoms with E-state index in [9.17, 15) is 23.5 Å². The van der Waals surface area contributed by atoms with E-state index < -0.39 is 11.6 Å². The van der Waals surface area contributed by atoms with E-state index in [2.05, 4.69) is 15.5 Å². The minimum Gasteiger partial charge on any atom is -0.506 e. The fourth-order valence-corrected chi connectivity index (χ4v) is 5.48. The van der Waals surface area contributed by atoms with Crippen molar-refractivity contribution in [1.82, 2.24) is 10.2 Å². The molecule has 1 aliphatic heterocycles. The van der Waals surface area contributed by atoms with E-state index in [0.717, 1.165) is 75.1 Å². The number of carbonyl (C=O) groups excluding carboxylic acids is 2. The third-order valence-corrected chi connectivity index (χ3v) is 7.60. The minimum atomic E-state index is -0.844. The SMILES string of the molecule is O=C1COc2c(CCCCCN(C(=O)CCNCCc3ccc(F)c(F)c3)C3CCCCC3)ccc(O)c2N1. The highest BCUT2D eigenvalue weighted by Crippen LogP contribution is 2.39. The fourth-order valence-electron chi connectivity index (χ4n) is 5.48. The van der Waals surface area contributed by atoms with Crippen molar-refractivity contribution in [3.8, 4) is 11.5 Å². The third kappa shape index (κ3) is 8.14. The van der Waals surface area contributed by atoms with Crippen LogP contribution in [0.1, 0.15) is 68.9 Å². The van der Waals surface area contributed by atoms with Gasteiger partial charge in [0, 0.05) is 25.6 Å². The minimum absolute atomic E-state index is 0.00211. The topological polar surface area (TPSA) is 90.9 Å². The number of ether oxygens (including phenoxy) is 1. The van der Waals surface area contributed by atoms with Gasteiger partial charge in [-0.2, -0.15) is 0 Å². The number of anilines is 1. The number of fused-ring (bicyclic) bond motifs is 1. The van der Waals surface area contributed by atoms with Gasteiger partial charge >= 0.3 is 0 Å². The quantitative estimate of drug-likeness (QED) is 0.242. The highest BCUT2D eigenvalue weighted by molar-refractivity contribution is 5.97. The van der Waals surface area contributed by atoms with Crippen molar-refractivity contribution < 1.29 is 28.2 Å². The summed E-state index contributed by atoms with van der Waals surface area (Å²) in [5.74, 6) is -1.24. The first-order chi connectivity index (χ1) is 18.9. The average Bonchev–Trinajstić information content (AvgIpc) is 2.94. The molecule has 2 aliphatic rings. The van der Waals surface area contributed by atoms with Gasteiger partial charge in [0.25, 0.3) is 5.91 Å². The van der Waals surface area contributed by atoms with Gasteiger partial charge in [0.1, 0.15) is 11.4 Å². The second-order valence-corrected chi connectivity index (χ2v) is 10.5. The van der Waals surface area contributed by atoms with Crippen molar-refractivity contribution in [2.75, 3.05) is 31.6 Å². The molecule has 2 aromatic rings. The van der Waals surface area contributed by atoms with E-state index in [4.69, 9.17) is 4.74 Å². The van der Waals surface area contributed by atoms with E-state index in [-0.39, 0.29) is 24.2 Å². The van der Waals surface area contributed by atoms with Gasteiger partial charge in [0.15, 0.2) is 24.0 Å². The van der Waals surface area contributed by atoms with Crippen LogP contribution in [0.3, 0.4) is 0 Å². The zero-order valence-corrected chi connectivity index (χ0v) is 22.4. The Morgan fingerprint density at radius 3 is 2.64 bits per heavy atom. The van der Waals surface area contributed by atoms with Crippen molar-refractivity contribution in [2.24, 2.45) is 0 Å². The van der Waals surface area contributed by atoms with Crippen LogP contribution in [-0.4, -0.2) is 54.1 Å². The van der Waals surface area contributed by atoms with E-state index in [1.54, 1.807) is 12.1 Å². The number of hydrogen-bond donors (Lipinski definition) is 3. The van der Waals surface area contributed by atoms with Gasteiger partial charge in [-0.15, -0.1) is 0 Å². The number of phenolic OH excluding ortho intramolecular Hbond substituents is 1. The number of aryl methyl sites for hydroxylation is 1. The van der Waals surface area contributed by atoms with Crippen molar-refractivity contribution in [2.45, 2.75) is 76.7 Å². The maximum atomic E-state index is 13.4. The molecule has 3 N–H and O–H groups in total. The summed E-state index contributed by atoms with van der Waals surface area (Å²) in [6, 6.07) is 7.66. The Bertz CT molecular complexity index is 1140. The lowest BCUT2D eigenvalue weighted by molar-refractivity contribution is -0.134. The molecule has 0 aromatic heterocycles. The Balaban J connectivity index is 1.21. The predicted octanol–water partition coefficient (Wildman–Crippen LogP) is 5.10. The smallest absolute Gasteiger partial charge is 0.262 e. The van der Waals surface area contributed by atoms with Gasteiger partial charge in [-0.25, -0.2) is 8.78 Å². The molecule has 7 nitrogen and oxygen atoms in total. The molecule has 9 heteroatoms. The number of hydrogen-bond acceptors (Lipinski definition) is 5. The summed E-state index contributed by atoms with van der Waals surface area (Å²) in [6.07, 6.45) is 10.2. The first-order valence-electron chi connectivity index (χ1n) is 14.1. The number of nitrogens with one attached hydrogen (secondary N) is 2. The molecule has 0 atom stereocenters. The van der Waals surface area contributed by atoms with Gasteiger partial charge in [-0.05, 0) is 74.4 Å². The number of rotatable bonds is 13. The molecule has 1 aliphatic carbocycles. The van der Waals surface area contributed by atoms with Crippen LogP contribution in [-0.2, 0) is 22.4 Å². The van der Waals surface area contributed by atoms with Crippen LogP contribution < -0.4 is 15.4 Å². The maximum absolute atomic E-state index is 13.4. The molecule has 1 fully saturated rings. The lowest BCUT2D eigenvalue weighted by atomic mass is 9.93. The van der Waals surface area contributed by atoms with Crippen LogP contribution in [0.4, 0.5) is 14.5 Å². The van der Waals surface area contributed by atoms with Crippen molar-refractivity contribution in [3.63, 3.8) is 0 Å². The summed E-state index contributed by atoms with van der Waals surface area (Å²) in [4.78, 5) is 26.9. The summed E-state index contributed by atoms with van der Waals surface area (Å²) >= 11 is 0. The molecule has 39 heavy (non-hydrogen) atoms. The molecule has 0 spiro atoms. The normalized spacial score (nSPS) is 15.4. The third-order valence-electron chi connectivity index (χ3n) is 7.60. The molecule has 0 unspecified atom stereocenters. The number of nitrogens with zero attached hydrogens (tertiary/aromatic N) is 1. The number of aromatic hydroxyl groups is 1. The second kappa shape index (κ2) is 14.3. The zero-order chi connectivity index (χ0) is 27.6. The standard InChI is InChI=1S/C30H39F2N3O4/c31-24-12-10-21(19-25(24)32)14-16-33-17-15-28(38)35(23-8-4-1-5-9-23)18-6-2-3-7-22-11-13-26(36)29-30(22)39-20-27(37)34-29/h10-13,19,23,33,36H,1-9,14-18,20H2,(H,34,37). The number of carbonyl (C=O) groups is 2. The van der Waals surface area contributed by atoms with E-state index in [1.807, 2.05) is 6.07 Å². The Hall–Kier alpha value is -3.20. The lowest BCUT2D eigenvalue weighted by Crippen LogP contribution is -2.43. The van der Waals surface area contributed by atoms with Crippen molar-refractivity contribution in [3.05, 3.63) is 53.1 Å². The first-order valence-corrected chi connectivity index (χ1v) is 14.1. The summed E-state index contributed by atoms with van der Waals surface area (Å²) in [6.45, 7) is 1.82. The highest BCUT2D eigenvalue weighted by Gasteiger charge is 2.25. The molecule has 0 saturated heterocycles. The maximum Gasteiger partial charge on any atom is 0.262 e. The molecule has 1 heterocycles. The van der Waals surface area contributed by atoms with Crippen LogP contribution in [0.5, 0.6) is 11.5 Å². The Morgan fingerprint density at radius 2 is 1.85 bits per heavy atom. The number of unbranched alkanes of at least 4 members (excludes halogenated alkanes) is 2. The second-order valence-electron chi connectivity index (χ2n) is 10.5. The Labute approximate surface area is 228 Å². The lowest BCUT2D eigenvalue weighted by Gasteiger charge is -2.34. The summed E-state index contributed by atoms with van der Waals surface area (Å²) in [5, 5.41) is 16.0. The Kier molecular flexibility index (Phi) is 10.5. The van der Waals surface area contributed by atoms with Gasteiger partial charge < -0.3 is 25.4 Å². The number of benzene rings is 2. The van der Waals surface area contributed by atoms with E-state index in [0.29, 0.717) is 43.4 Å². The van der Waals surface area contributed by atoms with Crippen molar-refractivity contribution in [1.29, 1.82) is 0 Å². The summed E-state index contributed by atoms with van der Waals surface area (Å²) in [5.41, 5.74) is 2.02. The fraction of sp³-hybridized carbons (Fsp3) is 0.533. The molecule has 2 amide bonds. The van der Waals surface area contributed by atoms with Crippen LogP contribution >= 0.6 is 0 Å². The summed E-state index contributed by atoms with van der Waals surface area (Å²) in [7, 11) is 0. The molecular formula is C30H39F2N3O4.